The van der Waals surface area contributed by atoms with Gasteiger partial charge in [0.2, 0.25) is 21.9 Å². The van der Waals surface area contributed by atoms with Crippen LogP contribution in [0.4, 0.5) is 13.2 Å². The Bertz CT molecular complexity index is 1350. The number of carbonyl (C=O) groups is 1. The molecular weight excluding hydrogens is 517 g/mol. The Hall–Kier alpha value is -2.59. The van der Waals surface area contributed by atoms with E-state index in [1.165, 1.54) is 15.3 Å². The fourth-order valence-electron chi connectivity index (χ4n) is 6.31. The van der Waals surface area contributed by atoms with E-state index in [1.807, 2.05) is 6.92 Å². The number of aryl methyl sites for hydroxylation is 1. The van der Waals surface area contributed by atoms with E-state index >= 15 is 0 Å². The fraction of sp³-hybridized carbons (Fsp3) is 0.536. The first kappa shape index (κ1) is 25.7. The molecule has 6 nitrogen and oxygen atoms in total. The number of benzene rings is 2. The number of rotatable bonds is 6. The molecule has 0 bridgehead atoms. The molecule has 0 aromatic heterocycles. The zero-order chi connectivity index (χ0) is 26.8. The van der Waals surface area contributed by atoms with E-state index in [4.69, 9.17) is 4.74 Å². The molecule has 0 N–H and O–H groups in total. The molecule has 2 aromatic rings. The van der Waals surface area contributed by atoms with Crippen molar-refractivity contribution in [3.8, 4) is 5.75 Å². The molecule has 0 unspecified atom stereocenters. The fourth-order valence-corrected chi connectivity index (χ4v) is 8.16. The third kappa shape index (κ3) is 4.59. The van der Waals surface area contributed by atoms with Crippen LogP contribution in [0.25, 0.3) is 0 Å². The number of alkyl halides is 2. The van der Waals surface area contributed by atoms with Gasteiger partial charge in [-0.3, -0.25) is 4.79 Å². The molecule has 3 fully saturated rings. The maximum absolute atomic E-state index is 14.8. The summed E-state index contributed by atoms with van der Waals surface area (Å²) in [7, 11) is -3.94. The lowest BCUT2D eigenvalue weighted by atomic mass is 9.90. The van der Waals surface area contributed by atoms with Gasteiger partial charge in [-0.1, -0.05) is 17.7 Å². The predicted molar refractivity (Wildman–Crippen MR) is 134 cm³/mol. The Balaban J connectivity index is 1.32. The minimum absolute atomic E-state index is 0.00683. The minimum atomic E-state index is -3.94. The molecule has 2 heterocycles. The van der Waals surface area contributed by atoms with E-state index in [1.54, 1.807) is 30.3 Å². The van der Waals surface area contributed by atoms with Gasteiger partial charge in [0, 0.05) is 43.5 Å². The largest absolute Gasteiger partial charge is 0.493 e. The summed E-state index contributed by atoms with van der Waals surface area (Å²) in [4.78, 5) is 15.8. The van der Waals surface area contributed by atoms with Crippen molar-refractivity contribution in [3.63, 3.8) is 0 Å². The number of nitrogens with zero attached hydrogens (tertiary/aromatic N) is 2. The van der Waals surface area contributed by atoms with E-state index in [-0.39, 0.29) is 49.1 Å². The van der Waals surface area contributed by atoms with Crippen LogP contribution in [-0.4, -0.2) is 54.2 Å². The maximum atomic E-state index is 14.8. The summed E-state index contributed by atoms with van der Waals surface area (Å²) in [6.45, 7) is 2.26. The van der Waals surface area contributed by atoms with Crippen LogP contribution in [0.15, 0.2) is 41.3 Å². The number of halogens is 3. The van der Waals surface area contributed by atoms with Gasteiger partial charge < -0.3 is 9.64 Å². The lowest BCUT2D eigenvalue weighted by Gasteiger charge is -2.39. The zero-order valence-corrected chi connectivity index (χ0v) is 22.0. The predicted octanol–water partition coefficient (Wildman–Crippen LogP) is 4.83. The SMILES string of the molecule is Cc1ccc(S(=O)(=O)N2[C@@H]3C[C@@H]3C[C@H]2C(=O)N(Cc2cc(F)c3c(c2)OCC3)C2CCC(F)(F)CC2)cc1. The Labute approximate surface area is 220 Å². The summed E-state index contributed by atoms with van der Waals surface area (Å²) in [6.07, 6.45) is 1.10. The van der Waals surface area contributed by atoms with Crippen LogP contribution in [0.5, 0.6) is 5.75 Å². The summed E-state index contributed by atoms with van der Waals surface area (Å²) in [5.74, 6) is -3.05. The molecule has 0 radical (unpaired) electrons. The van der Waals surface area contributed by atoms with E-state index in [0.717, 1.165) is 5.56 Å². The summed E-state index contributed by atoms with van der Waals surface area (Å²) in [6, 6.07) is 7.99. The van der Waals surface area contributed by atoms with Gasteiger partial charge in [-0.15, -0.1) is 0 Å². The van der Waals surface area contributed by atoms with Crippen molar-refractivity contribution >= 4 is 15.9 Å². The maximum Gasteiger partial charge on any atom is 0.248 e. The van der Waals surface area contributed by atoms with Crippen molar-refractivity contribution in [1.82, 2.24) is 9.21 Å². The van der Waals surface area contributed by atoms with Gasteiger partial charge in [-0.2, -0.15) is 4.31 Å². The average molecular weight is 549 g/mol. The van der Waals surface area contributed by atoms with Gasteiger partial charge in [0.15, 0.2) is 0 Å². The number of hydrogen-bond donors (Lipinski definition) is 0. The van der Waals surface area contributed by atoms with Gasteiger partial charge in [0.05, 0.1) is 11.5 Å². The van der Waals surface area contributed by atoms with Gasteiger partial charge in [-0.05, 0) is 68.4 Å². The van der Waals surface area contributed by atoms with Crippen LogP contribution in [0, 0.1) is 18.7 Å². The summed E-state index contributed by atoms with van der Waals surface area (Å²) in [5, 5.41) is 0. The first-order valence-corrected chi connectivity index (χ1v) is 14.7. The van der Waals surface area contributed by atoms with Crippen molar-refractivity contribution in [2.24, 2.45) is 5.92 Å². The Morgan fingerprint density at radius 3 is 2.55 bits per heavy atom. The molecule has 2 aliphatic carbocycles. The van der Waals surface area contributed by atoms with E-state index < -0.39 is 39.8 Å². The number of ether oxygens (including phenoxy) is 1. The number of hydrogen-bond acceptors (Lipinski definition) is 4. The highest BCUT2D eigenvalue weighted by atomic mass is 32.2. The molecular formula is C28H31F3N2O4S. The molecule has 2 aliphatic heterocycles. The molecule has 0 spiro atoms. The van der Waals surface area contributed by atoms with E-state index in [0.29, 0.717) is 42.7 Å². The van der Waals surface area contributed by atoms with E-state index in [9.17, 15) is 26.4 Å². The standard InChI is InChI=1S/C28H31F3N2O4S/c1-17-2-4-21(5-3-17)38(35,36)33-24-14-19(24)15-25(33)27(34)32(20-6-9-28(30,31)10-7-20)16-18-12-23(29)22-8-11-37-26(22)13-18/h2-5,12-13,19-20,24-25H,6-11,14-16H2,1H3/t19-,24-,25+/m1/s1. The lowest BCUT2D eigenvalue weighted by molar-refractivity contribution is -0.141. The van der Waals surface area contributed by atoms with Crippen LogP contribution < -0.4 is 4.74 Å². The smallest absolute Gasteiger partial charge is 0.248 e. The number of piperidine rings is 1. The van der Waals surface area contributed by atoms with Gasteiger partial charge in [-0.25, -0.2) is 21.6 Å². The average Bonchev–Trinajstić information content (AvgIpc) is 3.27. The first-order chi connectivity index (χ1) is 18.0. The van der Waals surface area contributed by atoms with Crippen molar-refractivity contribution in [2.45, 2.75) is 87.4 Å². The van der Waals surface area contributed by atoms with Crippen molar-refractivity contribution in [1.29, 1.82) is 0 Å². The summed E-state index contributed by atoms with van der Waals surface area (Å²) < 4.78 is 77.1. The lowest BCUT2D eigenvalue weighted by Crippen LogP contribution is -2.53. The Morgan fingerprint density at radius 2 is 1.84 bits per heavy atom. The number of carbonyl (C=O) groups excluding carboxylic acids is 1. The third-order valence-corrected chi connectivity index (χ3v) is 10.5. The number of amides is 1. The second-order valence-corrected chi connectivity index (χ2v) is 13.0. The normalized spacial score (nSPS) is 26.5. The van der Waals surface area contributed by atoms with Crippen LogP contribution in [0.2, 0.25) is 0 Å². The van der Waals surface area contributed by atoms with Crippen LogP contribution in [-0.2, 0) is 27.8 Å². The third-order valence-electron chi connectivity index (χ3n) is 8.51. The van der Waals surface area contributed by atoms with Crippen molar-refractivity contribution in [2.75, 3.05) is 6.61 Å². The topological polar surface area (TPSA) is 66.9 Å². The second kappa shape index (κ2) is 9.26. The minimum Gasteiger partial charge on any atom is -0.493 e. The van der Waals surface area contributed by atoms with Crippen molar-refractivity contribution in [3.05, 3.63) is 58.9 Å². The highest BCUT2D eigenvalue weighted by Crippen LogP contribution is 2.51. The summed E-state index contributed by atoms with van der Waals surface area (Å²) >= 11 is 0. The monoisotopic (exact) mass is 548 g/mol. The highest BCUT2D eigenvalue weighted by Gasteiger charge is 2.59. The van der Waals surface area contributed by atoms with E-state index in [2.05, 4.69) is 0 Å². The van der Waals surface area contributed by atoms with Gasteiger partial charge in [0.25, 0.3) is 0 Å². The number of sulfonamides is 1. The molecule has 2 aromatic carbocycles. The molecule has 38 heavy (non-hydrogen) atoms. The number of fused-ring (bicyclic) bond motifs is 2. The second-order valence-electron chi connectivity index (χ2n) is 11.2. The molecule has 204 valence electrons. The quantitative estimate of drug-likeness (QED) is 0.519. The molecule has 3 atom stereocenters. The van der Waals surface area contributed by atoms with Crippen LogP contribution in [0.1, 0.15) is 55.2 Å². The first-order valence-electron chi connectivity index (χ1n) is 13.3. The Morgan fingerprint density at radius 1 is 1.13 bits per heavy atom. The van der Waals surface area contributed by atoms with Crippen LogP contribution >= 0.6 is 0 Å². The molecule has 2 saturated carbocycles. The van der Waals surface area contributed by atoms with Gasteiger partial charge >= 0.3 is 0 Å². The molecule has 6 rings (SSSR count). The molecule has 1 saturated heterocycles. The van der Waals surface area contributed by atoms with Crippen molar-refractivity contribution < 1.29 is 31.1 Å². The summed E-state index contributed by atoms with van der Waals surface area (Å²) in [5.41, 5.74) is 1.92. The Kier molecular flexibility index (Phi) is 6.26. The molecule has 4 aliphatic rings. The molecule has 10 heteroatoms. The highest BCUT2D eigenvalue weighted by molar-refractivity contribution is 7.89. The molecule has 1 amide bonds. The van der Waals surface area contributed by atoms with Gasteiger partial charge in [0.1, 0.15) is 17.6 Å². The zero-order valence-electron chi connectivity index (χ0n) is 21.2. The van der Waals surface area contributed by atoms with Crippen LogP contribution in [0.3, 0.4) is 0 Å².